The van der Waals surface area contributed by atoms with Gasteiger partial charge in [-0.1, -0.05) is 42.5 Å². The summed E-state index contributed by atoms with van der Waals surface area (Å²) >= 11 is 0. The van der Waals surface area contributed by atoms with Gasteiger partial charge in [0.05, 0.1) is 6.61 Å². The first-order valence-electron chi connectivity index (χ1n) is 8.05. The highest BCUT2D eigenvalue weighted by molar-refractivity contribution is 5.88. The van der Waals surface area contributed by atoms with Crippen molar-refractivity contribution in [3.63, 3.8) is 0 Å². The number of benzene rings is 3. The van der Waals surface area contributed by atoms with Crippen LogP contribution in [-0.4, -0.2) is 23.4 Å². The number of phenolic OH excluding ortho intramolecular Hbond substituents is 1. The van der Waals surface area contributed by atoms with Crippen molar-refractivity contribution in [2.45, 2.75) is 6.42 Å². The van der Waals surface area contributed by atoms with Crippen molar-refractivity contribution in [1.82, 2.24) is 0 Å². The first-order chi connectivity index (χ1) is 11.8. The molecular formula is C21H18O3. The predicted octanol–water partition coefficient (Wildman–Crippen LogP) is 4.00. The number of hydrogen-bond acceptors (Lipinski definition) is 3. The summed E-state index contributed by atoms with van der Waals surface area (Å²) in [5, 5.41) is 19.2. The summed E-state index contributed by atoms with van der Waals surface area (Å²) in [6, 6.07) is 19.8. The highest BCUT2D eigenvalue weighted by Crippen LogP contribution is 2.46. The summed E-state index contributed by atoms with van der Waals surface area (Å²) in [5.41, 5.74) is 6.71. The molecule has 0 unspecified atom stereocenters. The molecule has 1 aliphatic carbocycles. The van der Waals surface area contributed by atoms with Gasteiger partial charge in [-0.2, -0.15) is 0 Å². The first kappa shape index (κ1) is 14.8. The van der Waals surface area contributed by atoms with E-state index in [0.29, 0.717) is 12.4 Å². The van der Waals surface area contributed by atoms with Crippen molar-refractivity contribution in [3.05, 3.63) is 71.8 Å². The van der Waals surface area contributed by atoms with Crippen molar-refractivity contribution >= 4 is 0 Å². The van der Waals surface area contributed by atoms with Gasteiger partial charge in [0.15, 0.2) is 0 Å². The minimum absolute atomic E-state index is 0.00544. The Kier molecular flexibility index (Phi) is 3.71. The van der Waals surface area contributed by atoms with E-state index in [-0.39, 0.29) is 6.61 Å². The zero-order valence-electron chi connectivity index (χ0n) is 13.2. The van der Waals surface area contributed by atoms with Crippen LogP contribution in [0, 0.1) is 0 Å². The maximum atomic E-state index is 10.3. The van der Waals surface area contributed by atoms with Gasteiger partial charge < -0.3 is 14.9 Å². The van der Waals surface area contributed by atoms with Gasteiger partial charge >= 0.3 is 0 Å². The summed E-state index contributed by atoms with van der Waals surface area (Å²) in [4.78, 5) is 0. The van der Waals surface area contributed by atoms with Crippen LogP contribution in [0.1, 0.15) is 11.1 Å². The molecule has 24 heavy (non-hydrogen) atoms. The lowest BCUT2D eigenvalue weighted by molar-refractivity contribution is 0.201. The Morgan fingerprint density at radius 1 is 0.875 bits per heavy atom. The molecule has 3 heteroatoms. The van der Waals surface area contributed by atoms with Gasteiger partial charge in [0.25, 0.3) is 0 Å². The SMILES string of the molecule is OCCOc1ccc(-c2ccc(O)c3c2Cc2ccccc2-3)cc1. The molecule has 3 aromatic carbocycles. The van der Waals surface area contributed by atoms with Crippen LogP contribution in [0.3, 0.4) is 0 Å². The van der Waals surface area contributed by atoms with Gasteiger partial charge in [-0.15, -0.1) is 0 Å². The topological polar surface area (TPSA) is 49.7 Å². The minimum atomic E-state index is 0.00544. The molecule has 1 aliphatic rings. The maximum absolute atomic E-state index is 10.3. The van der Waals surface area contributed by atoms with Gasteiger partial charge in [0, 0.05) is 5.56 Å². The summed E-state index contributed by atoms with van der Waals surface area (Å²) in [6.07, 6.45) is 0.831. The fourth-order valence-corrected chi connectivity index (χ4v) is 3.39. The zero-order valence-corrected chi connectivity index (χ0v) is 13.2. The Morgan fingerprint density at radius 3 is 2.46 bits per heavy atom. The van der Waals surface area contributed by atoms with Crippen LogP contribution in [0.5, 0.6) is 11.5 Å². The number of aliphatic hydroxyl groups is 1. The monoisotopic (exact) mass is 318 g/mol. The first-order valence-corrected chi connectivity index (χ1v) is 8.05. The third-order valence-electron chi connectivity index (χ3n) is 4.47. The summed E-state index contributed by atoms with van der Waals surface area (Å²) < 4.78 is 5.42. The molecule has 120 valence electrons. The van der Waals surface area contributed by atoms with Crippen LogP contribution in [-0.2, 0) is 6.42 Å². The molecule has 0 heterocycles. The van der Waals surface area contributed by atoms with E-state index in [0.717, 1.165) is 34.4 Å². The molecule has 0 aromatic heterocycles. The van der Waals surface area contributed by atoms with Crippen molar-refractivity contribution in [3.8, 4) is 33.8 Å². The van der Waals surface area contributed by atoms with E-state index in [4.69, 9.17) is 9.84 Å². The van der Waals surface area contributed by atoms with Crippen LogP contribution in [0.25, 0.3) is 22.3 Å². The second-order valence-electron chi connectivity index (χ2n) is 5.92. The molecule has 0 saturated carbocycles. The van der Waals surface area contributed by atoms with Crippen molar-refractivity contribution in [2.24, 2.45) is 0 Å². The fraction of sp³-hybridized carbons (Fsp3) is 0.143. The molecule has 0 bridgehead atoms. The largest absolute Gasteiger partial charge is 0.507 e. The summed E-state index contributed by atoms with van der Waals surface area (Å²) in [5.74, 6) is 1.08. The number of hydrogen-bond donors (Lipinski definition) is 2. The van der Waals surface area contributed by atoms with E-state index < -0.39 is 0 Å². The van der Waals surface area contributed by atoms with Crippen LogP contribution < -0.4 is 4.74 Å². The third kappa shape index (κ3) is 2.43. The zero-order chi connectivity index (χ0) is 16.5. The number of ether oxygens (including phenoxy) is 1. The molecule has 4 rings (SSSR count). The number of phenols is 1. The Labute approximate surface area is 140 Å². The summed E-state index contributed by atoms with van der Waals surface area (Å²) in [7, 11) is 0. The second kappa shape index (κ2) is 6.02. The molecule has 0 spiro atoms. The molecule has 0 radical (unpaired) electrons. The van der Waals surface area contributed by atoms with E-state index >= 15 is 0 Å². The maximum Gasteiger partial charge on any atom is 0.123 e. The molecule has 0 fully saturated rings. The van der Waals surface area contributed by atoms with E-state index in [1.54, 1.807) is 6.07 Å². The van der Waals surface area contributed by atoms with Crippen LogP contribution in [0.4, 0.5) is 0 Å². The number of rotatable bonds is 4. The van der Waals surface area contributed by atoms with Gasteiger partial charge in [0.2, 0.25) is 0 Å². The smallest absolute Gasteiger partial charge is 0.123 e. The van der Waals surface area contributed by atoms with Crippen LogP contribution >= 0.6 is 0 Å². The predicted molar refractivity (Wildman–Crippen MR) is 94.4 cm³/mol. The number of fused-ring (bicyclic) bond motifs is 3. The van der Waals surface area contributed by atoms with Gasteiger partial charge in [-0.25, -0.2) is 0 Å². The number of aliphatic hydroxyl groups excluding tert-OH is 1. The van der Waals surface area contributed by atoms with Crippen LogP contribution in [0.2, 0.25) is 0 Å². The molecule has 0 atom stereocenters. The molecule has 3 nitrogen and oxygen atoms in total. The average molecular weight is 318 g/mol. The highest BCUT2D eigenvalue weighted by atomic mass is 16.5. The molecule has 3 aromatic rings. The number of aromatic hydroxyl groups is 1. The Balaban J connectivity index is 1.76. The van der Waals surface area contributed by atoms with Crippen molar-refractivity contribution in [1.29, 1.82) is 0 Å². The second-order valence-corrected chi connectivity index (χ2v) is 5.92. The molecule has 2 N–H and O–H groups in total. The van der Waals surface area contributed by atoms with Gasteiger partial charge in [-0.3, -0.25) is 0 Å². The standard InChI is InChI=1S/C21H18O3/c22-11-12-24-16-7-5-14(6-8-16)17-9-10-20(23)21-18-4-2-1-3-15(18)13-19(17)21/h1-10,22-23H,11-13H2. The van der Waals surface area contributed by atoms with Gasteiger partial charge in [-0.05, 0) is 52.4 Å². The minimum Gasteiger partial charge on any atom is -0.507 e. The van der Waals surface area contributed by atoms with Gasteiger partial charge in [0.1, 0.15) is 18.1 Å². The Hall–Kier alpha value is -2.78. The van der Waals surface area contributed by atoms with Crippen LogP contribution in [0.15, 0.2) is 60.7 Å². The Bertz CT molecular complexity index is 882. The van der Waals surface area contributed by atoms with E-state index in [2.05, 4.69) is 12.1 Å². The fourth-order valence-electron chi connectivity index (χ4n) is 3.39. The van der Waals surface area contributed by atoms with E-state index in [1.807, 2.05) is 42.5 Å². The molecule has 0 saturated heterocycles. The average Bonchev–Trinajstić information content (AvgIpc) is 3.01. The molecular weight excluding hydrogens is 300 g/mol. The molecule has 0 amide bonds. The Morgan fingerprint density at radius 2 is 1.67 bits per heavy atom. The lowest BCUT2D eigenvalue weighted by Gasteiger charge is -2.12. The van der Waals surface area contributed by atoms with Crippen molar-refractivity contribution < 1.29 is 14.9 Å². The highest BCUT2D eigenvalue weighted by Gasteiger charge is 2.24. The lowest BCUT2D eigenvalue weighted by atomic mass is 9.95. The summed E-state index contributed by atoms with van der Waals surface area (Å²) in [6.45, 7) is 0.300. The molecule has 0 aliphatic heterocycles. The van der Waals surface area contributed by atoms with E-state index in [1.165, 1.54) is 11.1 Å². The van der Waals surface area contributed by atoms with Crippen molar-refractivity contribution in [2.75, 3.05) is 13.2 Å². The lowest BCUT2D eigenvalue weighted by Crippen LogP contribution is -2.01. The quantitative estimate of drug-likeness (QED) is 0.598. The normalized spacial score (nSPS) is 11.9. The van der Waals surface area contributed by atoms with E-state index in [9.17, 15) is 5.11 Å². The third-order valence-corrected chi connectivity index (χ3v) is 4.47.